The zero-order chi connectivity index (χ0) is 20.0. The highest BCUT2D eigenvalue weighted by atomic mass is 35.5. The van der Waals surface area contributed by atoms with Gasteiger partial charge in [0.25, 0.3) is 0 Å². The predicted molar refractivity (Wildman–Crippen MR) is 102 cm³/mol. The fraction of sp³-hybridized carbons (Fsp3) is 0.353. The summed E-state index contributed by atoms with van der Waals surface area (Å²) in [7, 11) is 0. The number of hydrogen-bond donors (Lipinski definition) is 5. The second-order valence-electron chi connectivity index (χ2n) is 6.77. The van der Waals surface area contributed by atoms with E-state index in [1.54, 1.807) is 22.8 Å². The first-order valence-corrected chi connectivity index (χ1v) is 9.31. The summed E-state index contributed by atoms with van der Waals surface area (Å²) in [6.45, 7) is 0. The maximum atomic E-state index is 10.8. The van der Waals surface area contributed by atoms with Gasteiger partial charge in [-0.25, -0.2) is 9.97 Å². The van der Waals surface area contributed by atoms with Gasteiger partial charge in [0, 0.05) is 5.92 Å². The minimum Gasteiger partial charge on any atom is -0.390 e. The number of aromatic amines is 1. The molecule has 148 valence electrons. The summed E-state index contributed by atoms with van der Waals surface area (Å²) in [5.41, 5.74) is 1.77. The standard InChI is InChI=1S/C17H18Cl2N6O3/c18-9-2-1-7(3-10(9)19)13(26)8-4-11(15(28)14(8)27)25-6-23-12-16(24-20)21-5-22-17(12)25/h1-3,5-6,8,11,13-15,26-28H,4,20H2,(H,21,22,24)/t8-,11-,13-,14-,15+/m1/s1. The topological polar surface area (TPSA) is 146 Å². The molecule has 2 heterocycles. The number of rotatable bonds is 3. The van der Waals surface area contributed by atoms with Gasteiger partial charge in [0.15, 0.2) is 5.52 Å². The Morgan fingerprint density at radius 2 is 2.00 bits per heavy atom. The second-order valence-corrected chi connectivity index (χ2v) is 7.59. The molecule has 5 atom stereocenters. The summed E-state index contributed by atoms with van der Waals surface area (Å²) in [5, 5.41) is 36.3. The van der Waals surface area contributed by atoms with Gasteiger partial charge in [0.05, 0.1) is 40.9 Å². The largest absolute Gasteiger partial charge is 0.390 e. The maximum absolute atomic E-state index is 10.8. The van der Waals surface area contributed by atoms with Crippen LogP contribution in [0.15, 0.2) is 36.0 Å². The Balaban J connectivity index is 1.67. The number of aliphatic hydroxyl groups is 3. The molecule has 11 heteroatoms. The van der Waals surface area contributed by atoms with Gasteiger partial charge < -0.3 is 30.7 Å². The molecular formula is C17H18Cl2N6O3. The number of aromatic nitrogens is 4. The van der Waals surface area contributed by atoms with Crippen LogP contribution in [0.5, 0.6) is 0 Å². The molecular weight excluding hydrogens is 407 g/mol. The van der Waals surface area contributed by atoms with Gasteiger partial charge in [0.1, 0.15) is 11.8 Å². The number of halogens is 2. The van der Waals surface area contributed by atoms with Gasteiger partial charge in [-0.15, -0.1) is 0 Å². The van der Waals surface area contributed by atoms with Crippen LogP contribution in [-0.2, 0) is 0 Å². The molecule has 1 aliphatic rings. The van der Waals surface area contributed by atoms with E-state index in [2.05, 4.69) is 20.1 Å². The van der Waals surface area contributed by atoms with Gasteiger partial charge in [-0.3, -0.25) is 0 Å². The minimum atomic E-state index is -1.15. The molecule has 1 aromatic carbocycles. The predicted octanol–water partition coefficient (Wildman–Crippen LogP) is 0.857. The van der Waals surface area contributed by atoms with Crippen LogP contribution in [0.25, 0.3) is 11.2 Å². The summed E-state index contributed by atoms with van der Waals surface area (Å²) in [4.78, 5) is 11.2. The van der Waals surface area contributed by atoms with E-state index >= 15 is 0 Å². The molecule has 0 bridgehead atoms. The Labute approximate surface area is 169 Å². The number of aliphatic hydroxyl groups excluding tert-OH is 3. The molecule has 4 rings (SSSR count). The molecule has 6 N–H and O–H groups in total. The number of nitrogens with zero attached hydrogens (tertiary/aromatic N) is 4. The van der Waals surface area contributed by atoms with Crippen LogP contribution in [0.4, 0.5) is 0 Å². The van der Waals surface area contributed by atoms with Crippen LogP contribution in [-0.4, -0.2) is 47.0 Å². The van der Waals surface area contributed by atoms with Gasteiger partial charge in [-0.1, -0.05) is 29.3 Å². The number of nitrogens with one attached hydrogen (secondary N) is 1. The zero-order valence-electron chi connectivity index (χ0n) is 14.4. The van der Waals surface area contributed by atoms with E-state index in [1.165, 1.54) is 12.7 Å². The molecule has 9 nitrogen and oxygen atoms in total. The van der Waals surface area contributed by atoms with Crippen molar-refractivity contribution < 1.29 is 15.3 Å². The smallest absolute Gasteiger partial charge is 0.202 e. The molecule has 1 saturated carbocycles. The lowest BCUT2D eigenvalue weighted by Crippen LogP contribution is -2.31. The van der Waals surface area contributed by atoms with Crippen LogP contribution >= 0.6 is 23.2 Å². The van der Waals surface area contributed by atoms with E-state index in [0.717, 1.165) is 0 Å². The van der Waals surface area contributed by atoms with Crippen molar-refractivity contribution in [2.75, 3.05) is 0 Å². The molecule has 28 heavy (non-hydrogen) atoms. The number of benzene rings is 1. The fourth-order valence-electron chi connectivity index (χ4n) is 3.81. The minimum absolute atomic E-state index is 0.257. The Morgan fingerprint density at radius 3 is 2.71 bits per heavy atom. The van der Waals surface area contributed by atoms with Crippen molar-refractivity contribution in [2.45, 2.75) is 30.8 Å². The van der Waals surface area contributed by atoms with Crippen LogP contribution in [0.2, 0.25) is 10.0 Å². The molecule has 1 aliphatic carbocycles. The second kappa shape index (κ2) is 7.34. The third-order valence-corrected chi connectivity index (χ3v) is 6.00. The summed E-state index contributed by atoms with van der Waals surface area (Å²) in [6.07, 6.45) is -0.0371. The molecule has 0 aliphatic heterocycles. The van der Waals surface area contributed by atoms with Crippen molar-refractivity contribution in [1.29, 1.82) is 0 Å². The highest BCUT2D eigenvalue weighted by Gasteiger charge is 2.46. The van der Waals surface area contributed by atoms with E-state index in [0.29, 0.717) is 33.2 Å². The average molecular weight is 425 g/mol. The summed E-state index contributed by atoms with van der Waals surface area (Å²) < 4.78 is 1.70. The van der Waals surface area contributed by atoms with Gasteiger partial charge >= 0.3 is 0 Å². The van der Waals surface area contributed by atoms with Crippen LogP contribution in [0, 0.1) is 5.92 Å². The molecule has 2 aromatic heterocycles. The number of hydrogen-bond acceptors (Lipinski definition) is 7. The van der Waals surface area contributed by atoms with E-state index in [1.807, 2.05) is 0 Å². The number of H-pyrrole nitrogens is 1. The number of nitrogens with two attached hydrogens (primary N) is 1. The van der Waals surface area contributed by atoms with Gasteiger partial charge in [0.2, 0.25) is 5.49 Å². The fourth-order valence-corrected chi connectivity index (χ4v) is 4.11. The quantitative estimate of drug-likeness (QED) is 0.311. The van der Waals surface area contributed by atoms with Gasteiger partial charge in [-0.2, -0.15) is 5.10 Å². The zero-order valence-corrected chi connectivity index (χ0v) is 16.0. The molecule has 0 spiro atoms. The normalized spacial score (nSPS) is 26.8. The Kier molecular flexibility index (Phi) is 5.02. The highest BCUT2D eigenvalue weighted by Crippen LogP contribution is 2.43. The van der Waals surface area contributed by atoms with Crippen molar-refractivity contribution >= 4 is 34.4 Å². The monoisotopic (exact) mass is 424 g/mol. The van der Waals surface area contributed by atoms with Crippen molar-refractivity contribution in [3.63, 3.8) is 0 Å². The molecule has 0 saturated heterocycles. The number of imidazole rings is 1. The third-order valence-electron chi connectivity index (χ3n) is 5.26. The first kappa shape index (κ1) is 19.2. The van der Waals surface area contributed by atoms with Crippen molar-refractivity contribution in [2.24, 2.45) is 16.9 Å². The SMILES string of the molecule is N/N=c1/nc[nH]c2c1ncn2[C@@H]1C[C@H]([C@H](O)c2ccc(Cl)c(Cl)c2)[C@@H](O)[C@H]1O. The summed E-state index contributed by atoms with van der Waals surface area (Å²) in [6, 6.07) is 4.27. The van der Waals surface area contributed by atoms with Crippen molar-refractivity contribution in [1.82, 2.24) is 19.5 Å². The third kappa shape index (κ3) is 3.05. The average Bonchev–Trinajstić information content (AvgIpc) is 3.25. The Bertz CT molecular complexity index is 1080. The van der Waals surface area contributed by atoms with Crippen molar-refractivity contribution in [3.05, 3.63) is 52.0 Å². The molecule has 0 unspecified atom stereocenters. The Morgan fingerprint density at radius 1 is 1.21 bits per heavy atom. The summed E-state index contributed by atoms with van der Waals surface area (Å²) >= 11 is 12.0. The van der Waals surface area contributed by atoms with Crippen LogP contribution < -0.4 is 11.3 Å². The van der Waals surface area contributed by atoms with E-state index < -0.39 is 30.3 Å². The van der Waals surface area contributed by atoms with E-state index in [4.69, 9.17) is 29.0 Å². The molecule has 1 fully saturated rings. The molecule has 3 aromatic rings. The highest BCUT2D eigenvalue weighted by molar-refractivity contribution is 6.42. The van der Waals surface area contributed by atoms with E-state index in [-0.39, 0.29) is 5.49 Å². The van der Waals surface area contributed by atoms with Crippen molar-refractivity contribution in [3.8, 4) is 0 Å². The van der Waals surface area contributed by atoms with E-state index in [9.17, 15) is 15.3 Å². The van der Waals surface area contributed by atoms with Crippen LogP contribution in [0.1, 0.15) is 24.1 Å². The molecule has 0 amide bonds. The maximum Gasteiger partial charge on any atom is 0.202 e. The lowest BCUT2D eigenvalue weighted by atomic mass is 9.92. The Hall–Kier alpha value is -2.17. The van der Waals surface area contributed by atoms with Gasteiger partial charge in [-0.05, 0) is 24.1 Å². The molecule has 0 radical (unpaired) electrons. The van der Waals surface area contributed by atoms with Crippen LogP contribution in [0.3, 0.4) is 0 Å². The summed E-state index contributed by atoms with van der Waals surface area (Å²) in [5.74, 6) is 4.72. The lowest BCUT2D eigenvalue weighted by Gasteiger charge is -2.22. The lowest BCUT2D eigenvalue weighted by molar-refractivity contribution is -0.0264. The first-order chi connectivity index (χ1) is 13.4. The number of fused-ring (bicyclic) bond motifs is 1. The first-order valence-electron chi connectivity index (χ1n) is 8.55.